The number of hydrogen-bond donors (Lipinski definition) is 2. The van der Waals surface area contributed by atoms with Crippen LogP contribution >= 0.6 is 0 Å². The first-order valence-electron chi connectivity index (χ1n) is 5.32. The van der Waals surface area contributed by atoms with Gasteiger partial charge in [0, 0.05) is 17.0 Å². The molecule has 0 aromatic heterocycles. The van der Waals surface area contributed by atoms with Gasteiger partial charge in [-0.3, -0.25) is 0 Å². The Morgan fingerprint density at radius 3 is 2.39 bits per heavy atom. The van der Waals surface area contributed by atoms with Crippen molar-refractivity contribution < 1.29 is 19.0 Å². The lowest BCUT2D eigenvalue weighted by molar-refractivity contribution is 0.0124. The molecule has 5 nitrogen and oxygen atoms in total. The average molecular weight is 257 g/mol. The SMILES string of the molecule is [N-]=[N+]=NCCC(O)C(O)c1ccccc1C(F)F. The van der Waals surface area contributed by atoms with Crippen molar-refractivity contribution >= 4 is 0 Å². The van der Waals surface area contributed by atoms with E-state index in [4.69, 9.17) is 5.53 Å². The predicted molar refractivity (Wildman–Crippen MR) is 61.0 cm³/mol. The molecule has 0 aliphatic carbocycles. The van der Waals surface area contributed by atoms with Gasteiger partial charge in [-0.15, -0.1) is 0 Å². The van der Waals surface area contributed by atoms with E-state index in [9.17, 15) is 19.0 Å². The van der Waals surface area contributed by atoms with Gasteiger partial charge in [-0.25, -0.2) is 8.78 Å². The van der Waals surface area contributed by atoms with E-state index in [1.807, 2.05) is 0 Å². The van der Waals surface area contributed by atoms with Gasteiger partial charge < -0.3 is 10.2 Å². The third-order valence-corrected chi connectivity index (χ3v) is 2.50. The van der Waals surface area contributed by atoms with E-state index < -0.39 is 18.6 Å². The molecule has 0 saturated heterocycles. The zero-order chi connectivity index (χ0) is 13.5. The zero-order valence-electron chi connectivity index (χ0n) is 9.45. The van der Waals surface area contributed by atoms with Crippen molar-refractivity contribution in [1.29, 1.82) is 0 Å². The van der Waals surface area contributed by atoms with Gasteiger partial charge in [0.25, 0.3) is 6.43 Å². The van der Waals surface area contributed by atoms with Crippen LogP contribution in [0.2, 0.25) is 0 Å². The van der Waals surface area contributed by atoms with Crippen LogP contribution in [-0.4, -0.2) is 22.9 Å². The summed E-state index contributed by atoms with van der Waals surface area (Å²) in [5.41, 5.74) is 7.74. The van der Waals surface area contributed by atoms with E-state index >= 15 is 0 Å². The molecule has 2 unspecified atom stereocenters. The summed E-state index contributed by atoms with van der Waals surface area (Å²) in [4.78, 5) is 2.50. The maximum Gasteiger partial charge on any atom is 0.264 e. The molecule has 2 atom stereocenters. The molecular formula is C11H13F2N3O2. The number of aliphatic hydroxyl groups is 2. The standard InChI is InChI=1S/C11H13F2N3O2/c12-11(13)8-4-2-1-3-7(8)10(18)9(17)5-6-15-16-14/h1-4,9-11,17-18H,5-6H2. The Hall–Kier alpha value is -1.69. The van der Waals surface area contributed by atoms with Crippen molar-refractivity contribution in [3.05, 3.63) is 45.8 Å². The van der Waals surface area contributed by atoms with Crippen molar-refractivity contribution in [2.24, 2.45) is 5.11 Å². The molecule has 7 heteroatoms. The van der Waals surface area contributed by atoms with Gasteiger partial charge >= 0.3 is 0 Å². The molecule has 0 heterocycles. The third kappa shape index (κ3) is 3.66. The molecule has 1 rings (SSSR count). The predicted octanol–water partition coefficient (Wildman–Crippen LogP) is 2.72. The number of aliphatic hydroxyl groups excluding tert-OH is 2. The van der Waals surface area contributed by atoms with Gasteiger partial charge in [0.05, 0.1) is 6.10 Å². The summed E-state index contributed by atoms with van der Waals surface area (Å²) < 4.78 is 25.4. The maximum absolute atomic E-state index is 12.7. The molecular weight excluding hydrogens is 244 g/mol. The summed E-state index contributed by atoms with van der Waals surface area (Å²) >= 11 is 0. The Labute approximate surface area is 102 Å². The minimum absolute atomic E-state index is 0.00278. The lowest BCUT2D eigenvalue weighted by Crippen LogP contribution is -2.20. The highest BCUT2D eigenvalue weighted by Crippen LogP contribution is 2.29. The van der Waals surface area contributed by atoms with E-state index in [1.165, 1.54) is 24.3 Å². The first-order valence-corrected chi connectivity index (χ1v) is 5.32. The first-order chi connectivity index (χ1) is 8.57. The van der Waals surface area contributed by atoms with Crippen LogP contribution in [0.5, 0.6) is 0 Å². The van der Waals surface area contributed by atoms with E-state index in [2.05, 4.69) is 10.0 Å². The molecule has 0 aliphatic heterocycles. The lowest BCUT2D eigenvalue weighted by Gasteiger charge is -2.20. The molecule has 1 aromatic carbocycles. The molecule has 1 aromatic rings. The largest absolute Gasteiger partial charge is 0.390 e. The van der Waals surface area contributed by atoms with E-state index in [-0.39, 0.29) is 24.1 Å². The fraction of sp³-hybridized carbons (Fsp3) is 0.455. The van der Waals surface area contributed by atoms with Crippen LogP contribution in [0.25, 0.3) is 10.4 Å². The highest BCUT2D eigenvalue weighted by atomic mass is 19.3. The zero-order valence-corrected chi connectivity index (χ0v) is 9.45. The number of alkyl halides is 2. The van der Waals surface area contributed by atoms with Gasteiger partial charge in [-0.1, -0.05) is 29.4 Å². The third-order valence-electron chi connectivity index (χ3n) is 2.50. The normalized spacial score (nSPS) is 14.1. The smallest absolute Gasteiger partial charge is 0.264 e. The molecule has 98 valence electrons. The quantitative estimate of drug-likeness (QED) is 0.466. The second-order valence-corrected chi connectivity index (χ2v) is 3.68. The van der Waals surface area contributed by atoms with Crippen LogP contribution in [-0.2, 0) is 0 Å². The average Bonchev–Trinajstić information content (AvgIpc) is 2.38. The van der Waals surface area contributed by atoms with E-state index in [1.54, 1.807) is 0 Å². The number of azide groups is 1. The molecule has 0 radical (unpaired) electrons. The van der Waals surface area contributed by atoms with E-state index in [0.29, 0.717) is 0 Å². The van der Waals surface area contributed by atoms with Crippen molar-refractivity contribution in [2.45, 2.75) is 25.1 Å². The first kappa shape index (κ1) is 14.4. The van der Waals surface area contributed by atoms with Crippen LogP contribution in [0.3, 0.4) is 0 Å². The maximum atomic E-state index is 12.7. The topological polar surface area (TPSA) is 89.2 Å². The fourth-order valence-corrected chi connectivity index (χ4v) is 1.58. The summed E-state index contributed by atoms with van der Waals surface area (Å²) in [6.07, 6.45) is -5.40. The number of rotatable bonds is 6. The fourth-order valence-electron chi connectivity index (χ4n) is 1.58. The van der Waals surface area contributed by atoms with Crippen LogP contribution in [0.15, 0.2) is 29.4 Å². The van der Waals surface area contributed by atoms with Crippen molar-refractivity contribution in [1.82, 2.24) is 0 Å². The van der Waals surface area contributed by atoms with Gasteiger partial charge in [-0.2, -0.15) is 0 Å². The van der Waals surface area contributed by atoms with Crippen molar-refractivity contribution in [3.63, 3.8) is 0 Å². The summed E-state index contributed by atoms with van der Waals surface area (Å²) in [6, 6.07) is 5.47. The molecule has 0 saturated carbocycles. The molecule has 0 aliphatic rings. The molecule has 2 N–H and O–H groups in total. The van der Waals surface area contributed by atoms with Gasteiger partial charge in [0.2, 0.25) is 0 Å². The van der Waals surface area contributed by atoms with E-state index in [0.717, 1.165) is 0 Å². The minimum atomic E-state index is -2.72. The van der Waals surface area contributed by atoms with Crippen LogP contribution in [0.1, 0.15) is 30.1 Å². The number of hydrogen-bond acceptors (Lipinski definition) is 3. The van der Waals surface area contributed by atoms with Crippen LogP contribution in [0.4, 0.5) is 8.78 Å². The molecule has 0 fully saturated rings. The number of halogens is 2. The summed E-state index contributed by atoms with van der Waals surface area (Å²) in [5.74, 6) is 0. The Balaban J connectivity index is 2.82. The molecule has 0 spiro atoms. The molecule has 18 heavy (non-hydrogen) atoms. The summed E-state index contributed by atoms with van der Waals surface area (Å²) in [5, 5.41) is 22.6. The second-order valence-electron chi connectivity index (χ2n) is 3.68. The number of benzene rings is 1. The highest BCUT2D eigenvalue weighted by Gasteiger charge is 2.23. The van der Waals surface area contributed by atoms with Crippen molar-refractivity contribution in [3.8, 4) is 0 Å². The Morgan fingerprint density at radius 1 is 1.22 bits per heavy atom. The van der Waals surface area contributed by atoms with Crippen LogP contribution < -0.4 is 0 Å². The molecule has 0 amide bonds. The van der Waals surface area contributed by atoms with Crippen LogP contribution in [0, 0.1) is 0 Å². The highest BCUT2D eigenvalue weighted by molar-refractivity contribution is 5.30. The monoisotopic (exact) mass is 257 g/mol. The van der Waals surface area contributed by atoms with Gasteiger partial charge in [0.15, 0.2) is 0 Å². The minimum Gasteiger partial charge on any atom is -0.390 e. The Morgan fingerprint density at radius 2 is 1.83 bits per heavy atom. The summed E-state index contributed by atoms with van der Waals surface area (Å²) in [7, 11) is 0. The van der Waals surface area contributed by atoms with Gasteiger partial charge in [0.1, 0.15) is 6.10 Å². The van der Waals surface area contributed by atoms with Crippen molar-refractivity contribution in [2.75, 3.05) is 6.54 Å². The summed E-state index contributed by atoms with van der Waals surface area (Å²) in [6.45, 7) is -0.00836. The number of nitrogens with zero attached hydrogens (tertiary/aromatic N) is 3. The molecule has 0 bridgehead atoms. The van der Waals surface area contributed by atoms with Gasteiger partial charge in [-0.05, 0) is 17.5 Å². The second kappa shape index (κ2) is 6.90. The Bertz CT molecular complexity index is 436. The lowest BCUT2D eigenvalue weighted by atomic mass is 9.97. The Kier molecular flexibility index (Phi) is 5.51.